The summed E-state index contributed by atoms with van der Waals surface area (Å²) in [7, 11) is 1.56. The molecule has 0 aliphatic rings. The quantitative estimate of drug-likeness (QED) is 0.278. The van der Waals surface area contributed by atoms with Gasteiger partial charge in [0.05, 0.1) is 6.61 Å². The minimum Gasteiger partial charge on any atom is -0.464 e. The second-order valence-corrected chi connectivity index (χ2v) is 3.95. The highest BCUT2D eigenvalue weighted by Gasteiger charge is 2.02. The van der Waals surface area contributed by atoms with E-state index in [2.05, 4.69) is 17.2 Å². The predicted octanol–water partition coefficient (Wildman–Crippen LogP) is 1.42. The molecule has 0 amide bonds. The van der Waals surface area contributed by atoms with Crippen molar-refractivity contribution >= 4 is 11.9 Å². The fourth-order valence-electron chi connectivity index (χ4n) is 1.36. The summed E-state index contributed by atoms with van der Waals surface area (Å²) in [6.45, 7) is 2.77. The summed E-state index contributed by atoms with van der Waals surface area (Å²) in [5.41, 5.74) is 5.38. The Morgan fingerprint density at radius 2 is 1.88 bits per heavy atom. The van der Waals surface area contributed by atoms with Crippen molar-refractivity contribution in [2.45, 2.75) is 45.4 Å². The van der Waals surface area contributed by atoms with Crippen LogP contribution in [0.3, 0.4) is 0 Å². The molecule has 100 valence electrons. The van der Waals surface area contributed by atoms with E-state index in [9.17, 15) is 4.79 Å². The number of hydrogen-bond donors (Lipinski definition) is 2. The Balaban J connectivity index is 3.28. The van der Waals surface area contributed by atoms with Crippen molar-refractivity contribution in [3.8, 4) is 0 Å². The maximum atomic E-state index is 11.2. The van der Waals surface area contributed by atoms with Gasteiger partial charge in [-0.3, -0.25) is 9.79 Å². The van der Waals surface area contributed by atoms with Crippen molar-refractivity contribution in [1.82, 2.24) is 5.32 Å². The summed E-state index contributed by atoms with van der Waals surface area (Å²) in [4.78, 5) is 14.9. The first-order valence-electron chi connectivity index (χ1n) is 6.32. The van der Waals surface area contributed by atoms with Gasteiger partial charge >= 0.3 is 5.97 Å². The van der Waals surface area contributed by atoms with Gasteiger partial charge in [-0.05, 0) is 6.42 Å². The smallest absolute Gasteiger partial charge is 0.325 e. The predicted molar refractivity (Wildman–Crippen MR) is 69.9 cm³/mol. The zero-order valence-electron chi connectivity index (χ0n) is 11.0. The van der Waals surface area contributed by atoms with E-state index in [4.69, 9.17) is 10.5 Å². The third kappa shape index (κ3) is 11.0. The highest BCUT2D eigenvalue weighted by Crippen LogP contribution is 2.04. The van der Waals surface area contributed by atoms with Crippen LogP contribution in [-0.4, -0.2) is 32.1 Å². The Hall–Kier alpha value is -1.26. The number of guanidine groups is 1. The molecule has 0 aliphatic heterocycles. The summed E-state index contributed by atoms with van der Waals surface area (Å²) < 4.78 is 5.03. The van der Waals surface area contributed by atoms with Gasteiger partial charge < -0.3 is 15.8 Å². The Bertz CT molecular complexity index is 230. The molecule has 3 N–H and O–H groups in total. The summed E-state index contributed by atoms with van der Waals surface area (Å²) in [5, 5.41) is 2.65. The van der Waals surface area contributed by atoms with E-state index in [1.807, 2.05) is 0 Å². The van der Waals surface area contributed by atoms with Crippen LogP contribution in [0.2, 0.25) is 0 Å². The van der Waals surface area contributed by atoms with Crippen LogP contribution in [0.4, 0.5) is 0 Å². The molecule has 5 heteroatoms. The SMILES string of the molecule is CCCCCCCCOC(=O)CNC(N)=NC. The van der Waals surface area contributed by atoms with E-state index >= 15 is 0 Å². The number of nitrogens with zero attached hydrogens (tertiary/aromatic N) is 1. The standard InChI is InChI=1S/C12H25N3O2/c1-3-4-5-6-7-8-9-17-11(16)10-15-12(13)14-2/h3-10H2,1-2H3,(H3,13,14,15). The molecule has 0 aromatic heterocycles. The van der Waals surface area contributed by atoms with Gasteiger partial charge in [-0.15, -0.1) is 0 Å². The highest BCUT2D eigenvalue weighted by atomic mass is 16.5. The number of aliphatic imine (C=N–C) groups is 1. The second kappa shape index (κ2) is 11.2. The van der Waals surface area contributed by atoms with Gasteiger partial charge in [0.25, 0.3) is 0 Å². The summed E-state index contributed by atoms with van der Waals surface area (Å²) in [6.07, 6.45) is 7.10. The van der Waals surface area contributed by atoms with Crippen LogP contribution in [0, 0.1) is 0 Å². The number of hydrogen-bond acceptors (Lipinski definition) is 3. The third-order valence-electron chi connectivity index (χ3n) is 2.42. The van der Waals surface area contributed by atoms with Crippen molar-refractivity contribution in [2.24, 2.45) is 10.7 Å². The fraction of sp³-hybridized carbons (Fsp3) is 0.833. The van der Waals surface area contributed by atoms with Crippen LogP contribution in [-0.2, 0) is 9.53 Å². The molecule has 0 heterocycles. The van der Waals surface area contributed by atoms with Gasteiger partial charge in [-0.1, -0.05) is 39.0 Å². The number of ether oxygens (including phenoxy) is 1. The molecule has 0 spiro atoms. The molecule has 0 aromatic carbocycles. The first-order valence-corrected chi connectivity index (χ1v) is 6.32. The number of carbonyl (C=O) groups is 1. The second-order valence-electron chi connectivity index (χ2n) is 3.95. The van der Waals surface area contributed by atoms with E-state index in [0.717, 1.165) is 12.8 Å². The maximum Gasteiger partial charge on any atom is 0.325 e. The Kier molecular flexibility index (Phi) is 10.4. The van der Waals surface area contributed by atoms with Crippen molar-refractivity contribution in [3.63, 3.8) is 0 Å². The number of unbranched alkanes of at least 4 members (excludes halogenated alkanes) is 5. The van der Waals surface area contributed by atoms with Crippen LogP contribution >= 0.6 is 0 Å². The highest BCUT2D eigenvalue weighted by molar-refractivity contribution is 5.82. The van der Waals surface area contributed by atoms with Gasteiger partial charge in [0, 0.05) is 7.05 Å². The normalized spacial score (nSPS) is 11.3. The van der Waals surface area contributed by atoms with Gasteiger partial charge in [0.15, 0.2) is 5.96 Å². The van der Waals surface area contributed by atoms with Gasteiger partial charge in [0.1, 0.15) is 6.54 Å². The van der Waals surface area contributed by atoms with Crippen molar-refractivity contribution in [1.29, 1.82) is 0 Å². The Labute approximate surface area is 104 Å². The summed E-state index contributed by atoms with van der Waals surface area (Å²) in [6, 6.07) is 0. The van der Waals surface area contributed by atoms with E-state index in [0.29, 0.717) is 6.61 Å². The molecule has 0 aromatic rings. The van der Waals surface area contributed by atoms with Crippen LogP contribution in [0.1, 0.15) is 45.4 Å². The molecular formula is C12H25N3O2. The lowest BCUT2D eigenvalue weighted by molar-refractivity contribution is -0.142. The zero-order valence-corrected chi connectivity index (χ0v) is 11.0. The lowest BCUT2D eigenvalue weighted by Gasteiger charge is -2.06. The molecule has 17 heavy (non-hydrogen) atoms. The van der Waals surface area contributed by atoms with Crippen LogP contribution in [0.15, 0.2) is 4.99 Å². The number of rotatable bonds is 9. The maximum absolute atomic E-state index is 11.2. The summed E-state index contributed by atoms with van der Waals surface area (Å²) >= 11 is 0. The summed E-state index contributed by atoms with van der Waals surface area (Å²) in [5.74, 6) is -0.0355. The van der Waals surface area contributed by atoms with Crippen molar-refractivity contribution in [2.75, 3.05) is 20.2 Å². The topological polar surface area (TPSA) is 76.7 Å². The molecular weight excluding hydrogens is 218 g/mol. The first-order chi connectivity index (χ1) is 8.20. The van der Waals surface area contributed by atoms with Crippen molar-refractivity contribution < 1.29 is 9.53 Å². The molecule has 0 unspecified atom stereocenters. The zero-order chi connectivity index (χ0) is 12.9. The Morgan fingerprint density at radius 1 is 1.24 bits per heavy atom. The third-order valence-corrected chi connectivity index (χ3v) is 2.42. The average molecular weight is 243 g/mol. The number of nitrogens with two attached hydrogens (primary N) is 1. The van der Waals surface area contributed by atoms with Crippen LogP contribution in [0.25, 0.3) is 0 Å². The molecule has 0 radical (unpaired) electrons. The number of carbonyl (C=O) groups excluding carboxylic acids is 1. The molecule has 0 aliphatic carbocycles. The number of nitrogens with one attached hydrogen (secondary N) is 1. The first kappa shape index (κ1) is 15.7. The van der Waals surface area contributed by atoms with E-state index in [-0.39, 0.29) is 18.5 Å². The fourth-order valence-corrected chi connectivity index (χ4v) is 1.36. The largest absolute Gasteiger partial charge is 0.464 e. The molecule has 0 atom stereocenters. The Morgan fingerprint density at radius 3 is 2.53 bits per heavy atom. The molecule has 0 rings (SSSR count). The average Bonchev–Trinajstić information content (AvgIpc) is 2.34. The molecule has 0 saturated carbocycles. The minimum atomic E-state index is -0.287. The van der Waals surface area contributed by atoms with Gasteiger partial charge in [-0.25, -0.2) is 0 Å². The number of esters is 1. The minimum absolute atomic E-state index is 0.0823. The molecule has 0 saturated heterocycles. The van der Waals surface area contributed by atoms with Crippen LogP contribution in [0.5, 0.6) is 0 Å². The van der Waals surface area contributed by atoms with Gasteiger partial charge in [-0.2, -0.15) is 0 Å². The van der Waals surface area contributed by atoms with Crippen molar-refractivity contribution in [3.05, 3.63) is 0 Å². The lowest BCUT2D eigenvalue weighted by Crippen LogP contribution is -2.36. The molecule has 0 bridgehead atoms. The monoisotopic (exact) mass is 243 g/mol. The lowest BCUT2D eigenvalue weighted by atomic mass is 10.1. The molecule has 0 fully saturated rings. The van der Waals surface area contributed by atoms with E-state index in [1.165, 1.54) is 25.7 Å². The van der Waals surface area contributed by atoms with Crippen LogP contribution < -0.4 is 11.1 Å². The van der Waals surface area contributed by atoms with Gasteiger partial charge in [0.2, 0.25) is 0 Å². The van der Waals surface area contributed by atoms with E-state index < -0.39 is 0 Å². The van der Waals surface area contributed by atoms with E-state index in [1.54, 1.807) is 7.05 Å². The molecule has 5 nitrogen and oxygen atoms in total.